The normalized spacial score (nSPS) is 22.0. The zero-order valence-corrected chi connectivity index (χ0v) is 19.8. The molecule has 31 heavy (non-hydrogen) atoms. The molecule has 2 saturated carbocycles. The molecule has 1 aromatic rings. The van der Waals surface area contributed by atoms with E-state index in [2.05, 4.69) is 27.6 Å². The predicted octanol–water partition coefficient (Wildman–Crippen LogP) is 4.11. The number of hydrogen-bond donors (Lipinski definition) is 3. The van der Waals surface area contributed by atoms with E-state index >= 15 is 0 Å². The van der Waals surface area contributed by atoms with Gasteiger partial charge in [-0.05, 0) is 82.7 Å². The van der Waals surface area contributed by atoms with Crippen LogP contribution in [0.5, 0.6) is 0 Å². The molecule has 2 heterocycles. The Morgan fingerprint density at radius 2 is 1.97 bits per heavy atom. The summed E-state index contributed by atoms with van der Waals surface area (Å²) >= 11 is 1.84. The Hall–Kier alpha value is -1.86. The molecule has 0 bridgehead atoms. The molecule has 1 aliphatic heterocycles. The second kappa shape index (κ2) is 9.74. The van der Waals surface area contributed by atoms with Crippen molar-refractivity contribution in [1.82, 2.24) is 10.6 Å². The summed E-state index contributed by atoms with van der Waals surface area (Å²) in [6.07, 6.45) is 8.58. The first kappa shape index (κ1) is 22.3. The summed E-state index contributed by atoms with van der Waals surface area (Å²) in [6, 6.07) is 0. The third-order valence-corrected chi connectivity index (χ3v) is 7.64. The summed E-state index contributed by atoms with van der Waals surface area (Å²) in [5.41, 5.74) is 3.55. The zero-order valence-electron chi connectivity index (χ0n) is 18.9. The average Bonchev–Trinajstić information content (AvgIpc) is 3.66. The van der Waals surface area contributed by atoms with E-state index in [0.29, 0.717) is 11.5 Å². The number of esters is 1. The summed E-state index contributed by atoms with van der Waals surface area (Å²) < 4.78 is 4.58. The maximum atomic E-state index is 12.2. The van der Waals surface area contributed by atoms with Gasteiger partial charge in [-0.15, -0.1) is 11.3 Å². The quantitative estimate of drug-likeness (QED) is 0.525. The number of allylic oxidation sites excluding steroid dienone is 1. The number of carbonyl (C=O) groups excluding carboxylic acids is 2. The molecule has 0 aromatic carbocycles. The van der Waals surface area contributed by atoms with E-state index in [4.69, 9.17) is 0 Å². The molecule has 3 N–H and O–H groups in total. The first-order chi connectivity index (χ1) is 15.0. The van der Waals surface area contributed by atoms with Gasteiger partial charge in [0, 0.05) is 29.4 Å². The van der Waals surface area contributed by atoms with Crippen LogP contribution < -0.4 is 16.0 Å². The fourth-order valence-electron chi connectivity index (χ4n) is 4.10. The van der Waals surface area contributed by atoms with Gasteiger partial charge in [0.2, 0.25) is 5.91 Å². The molecule has 5 rings (SSSR count). The molecule has 7 heteroatoms. The monoisotopic (exact) mass is 445 g/mol. The molecule has 6 nitrogen and oxygen atoms in total. The molecular formula is C24H35N3O3S. The van der Waals surface area contributed by atoms with Crippen LogP contribution in [-0.2, 0) is 33.7 Å². The maximum absolute atomic E-state index is 12.2. The average molecular weight is 446 g/mol. The highest BCUT2D eigenvalue weighted by Crippen LogP contribution is 2.41. The van der Waals surface area contributed by atoms with Crippen molar-refractivity contribution >= 4 is 28.2 Å². The van der Waals surface area contributed by atoms with Crippen molar-refractivity contribution in [2.75, 3.05) is 18.4 Å². The first-order valence-corrected chi connectivity index (χ1v) is 12.6. The van der Waals surface area contributed by atoms with Gasteiger partial charge in [-0.1, -0.05) is 6.92 Å². The number of amides is 1. The van der Waals surface area contributed by atoms with Gasteiger partial charge in [0.25, 0.3) is 0 Å². The van der Waals surface area contributed by atoms with Crippen molar-refractivity contribution in [3.8, 4) is 0 Å². The Morgan fingerprint density at radius 1 is 1.19 bits per heavy atom. The van der Waals surface area contributed by atoms with Gasteiger partial charge >= 0.3 is 5.97 Å². The van der Waals surface area contributed by atoms with Gasteiger partial charge in [0.1, 0.15) is 5.76 Å². The van der Waals surface area contributed by atoms with Crippen molar-refractivity contribution in [2.45, 2.75) is 72.3 Å². The second-order valence-electron chi connectivity index (χ2n) is 9.35. The molecular weight excluding hydrogens is 410 g/mol. The Balaban J connectivity index is 0.000000217. The van der Waals surface area contributed by atoms with E-state index in [1.54, 1.807) is 6.92 Å². The zero-order chi connectivity index (χ0) is 22.0. The van der Waals surface area contributed by atoms with Crippen LogP contribution in [0.4, 0.5) is 5.00 Å². The molecule has 4 aliphatic rings. The topological polar surface area (TPSA) is 79.5 Å². The minimum absolute atomic E-state index is 0.241. The number of cyclic esters (lactones) is 1. The Labute approximate surface area is 189 Å². The lowest BCUT2D eigenvalue weighted by Gasteiger charge is -2.19. The van der Waals surface area contributed by atoms with Gasteiger partial charge in [0.05, 0.1) is 5.00 Å². The second-order valence-corrected chi connectivity index (χ2v) is 10.5. The maximum Gasteiger partial charge on any atom is 0.363 e. The van der Waals surface area contributed by atoms with E-state index in [1.807, 2.05) is 18.3 Å². The van der Waals surface area contributed by atoms with Gasteiger partial charge in [-0.25, -0.2) is 4.79 Å². The number of ether oxygens (including phenoxy) is 1. The third kappa shape index (κ3) is 5.69. The van der Waals surface area contributed by atoms with Crippen LogP contribution in [0.25, 0.3) is 0 Å². The van der Waals surface area contributed by atoms with Crippen LogP contribution >= 0.6 is 11.3 Å². The standard InChI is InChI=1S/C18H26N2OS.C6H9NO2/c1-11-2-7-16-14(8-11)15(10-19-9-12-3-4-12)18(22-16)20-17(21)13-5-6-13;1-3-7-5-4(2)9-6(5)8/h11-13,19H,2-10H2,1H3,(H,20,21);7H,3H2,1-2H3. The minimum atomic E-state index is -0.241. The molecule has 1 amide bonds. The number of fused-ring (bicyclic) bond motifs is 1. The van der Waals surface area contributed by atoms with E-state index in [0.717, 1.165) is 49.3 Å². The number of nitrogens with one attached hydrogen (secondary N) is 3. The van der Waals surface area contributed by atoms with Gasteiger partial charge < -0.3 is 20.7 Å². The number of thiophene rings is 1. The number of anilines is 1. The fraction of sp³-hybridized carbons (Fsp3) is 0.667. The Morgan fingerprint density at radius 3 is 2.55 bits per heavy atom. The number of rotatable bonds is 8. The van der Waals surface area contributed by atoms with E-state index in [9.17, 15) is 9.59 Å². The molecule has 1 atom stereocenters. The highest BCUT2D eigenvalue weighted by Gasteiger charge is 2.32. The number of hydrogen-bond acceptors (Lipinski definition) is 6. The van der Waals surface area contributed by atoms with Crippen molar-refractivity contribution in [3.05, 3.63) is 27.5 Å². The smallest absolute Gasteiger partial charge is 0.363 e. The highest BCUT2D eigenvalue weighted by atomic mass is 32.1. The van der Waals surface area contributed by atoms with Crippen LogP contribution in [0, 0.1) is 17.8 Å². The lowest BCUT2D eigenvalue weighted by molar-refractivity contribution is -0.141. The van der Waals surface area contributed by atoms with Gasteiger partial charge in [-0.3, -0.25) is 4.79 Å². The van der Waals surface area contributed by atoms with Gasteiger partial charge in [-0.2, -0.15) is 0 Å². The summed E-state index contributed by atoms with van der Waals surface area (Å²) in [5.74, 6) is 2.66. The molecule has 0 saturated heterocycles. The van der Waals surface area contributed by atoms with Crippen LogP contribution in [-0.4, -0.2) is 25.0 Å². The summed E-state index contributed by atoms with van der Waals surface area (Å²) in [4.78, 5) is 24.2. The van der Waals surface area contributed by atoms with Crippen molar-refractivity contribution < 1.29 is 14.3 Å². The van der Waals surface area contributed by atoms with Crippen LogP contribution in [0.2, 0.25) is 0 Å². The largest absolute Gasteiger partial charge is 0.424 e. The SMILES string of the molecule is CC1CCc2sc(NC(=O)C3CC3)c(CNCC3CC3)c2C1.CCNC1=C(C)OC1=O. The van der Waals surface area contributed by atoms with Gasteiger partial charge in [0.15, 0.2) is 5.70 Å². The van der Waals surface area contributed by atoms with E-state index in [-0.39, 0.29) is 17.8 Å². The van der Waals surface area contributed by atoms with Crippen molar-refractivity contribution in [1.29, 1.82) is 0 Å². The first-order valence-electron chi connectivity index (χ1n) is 11.8. The van der Waals surface area contributed by atoms with E-state index < -0.39 is 0 Å². The van der Waals surface area contributed by atoms with E-state index in [1.165, 1.54) is 48.1 Å². The molecule has 2 fully saturated rings. The summed E-state index contributed by atoms with van der Waals surface area (Å²) in [7, 11) is 0. The fourth-order valence-corrected chi connectivity index (χ4v) is 5.37. The Bertz CT molecular complexity index is 868. The summed E-state index contributed by atoms with van der Waals surface area (Å²) in [5, 5.41) is 10.9. The van der Waals surface area contributed by atoms with Crippen LogP contribution in [0.1, 0.15) is 68.9 Å². The molecule has 0 spiro atoms. The Kier molecular flexibility index (Phi) is 7.02. The number of likely N-dealkylation sites (N-methyl/N-ethyl adjacent to an activating group) is 1. The molecule has 1 aromatic heterocycles. The minimum Gasteiger partial charge on any atom is -0.424 e. The lowest BCUT2D eigenvalue weighted by atomic mass is 9.88. The predicted molar refractivity (Wildman–Crippen MR) is 124 cm³/mol. The van der Waals surface area contributed by atoms with Crippen molar-refractivity contribution in [3.63, 3.8) is 0 Å². The number of aryl methyl sites for hydroxylation is 1. The molecule has 0 radical (unpaired) electrons. The lowest BCUT2D eigenvalue weighted by Crippen LogP contribution is -2.31. The third-order valence-electron chi connectivity index (χ3n) is 6.39. The van der Waals surface area contributed by atoms with Crippen LogP contribution in [0.3, 0.4) is 0 Å². The van der Waals surface area contributed by atoms with Crippen molar-refractivity contribution in [2.24, 2.45) is 17.8 Å². The summed E-state index contributed by atoms with van der Waals surface area (Å²) in [6.45, 7) is 8.88. The van der Waals surface area contributed by atoms with Crippen LogP contribution in [0.15, 0.2) is 11.5 Å². The molecule has 170 valence electrons. The number of carbonyl (C=O) groups is 2. The highest BCUT2D eigenvalue weighted by molar-refractivity contribution is 7.16. The molecule has 3 aliphatic carbocycles. The molecule has 1 unspecified atom stereocenters.